The molecule has 0 aromatic heterocycles. The number of carbonyl (C=O) groups is 2. The molecular formula is C17H23N3O2S. The minimum absolute atomic E-state index is 0.0744. The summed E-state index contributed by atoms with van der Waals surface area (Å²) in [7, 11) is 0. The van der Waals surface area contributed by atoms with E-state index < -0.39 is 0 Å². The van der Waals surface area contributed by atoms with E-state index in [-0.39, 0.29) is 16.9 Å². The smallest absolute Gasteiger partial charge is 0.253 e. The predicted molar refractivity (Wildman–Crippen MR) is 95.4 cm³/mol. The van der Waals surface area contributed by atoms with E-state index in [1.54, 1.807) is 31.2 Å². The minimum atomic E-state index is -0.131. The second-order valence-corrected chi connectivity index (χ2v) is 6.32. The van der Waals surface area contributed by atoms with Gasteiger partial charge in [-0.2, -0.15) is 0 Å². The molecular weight excluding hydrogens is 310 g/mol. The quantitative estimate of drug-likeness (QED) is 0.835. The van der Waals surface area contributed by atoms with Gasteiger partial charge in [0, 0.05) is 30.8 Å². The van der Waals surface area contributed by atoms with Crippen LogP contribution in [-0.4, -0.2) is 34.9 Å². The zero-order chi connectivity index (χ0) is 16.8. The van der Waals surface area contributed by atoms with Gasteiger partial charge in [-0.15, -0.1) is 0 Å². The molecule has 1 saturated heterocycles. The molecule has 2 rings (SSSR count). The van der Waals surface area contributed by atoms with Crippen LogP contribution in [0.4, 0.5) is 5.69 Å². The van der Waals surface area contributed by atoms with Gasteiger partial charge in [-0.05, 0) is 55.2 Å². The van der Waals surface area contributed by atoms with Crippen molar-refractivity contribution in [3.05, 3.63) is 29.8 Å². The first-order valence-electron chi connectivity index (χ1n) is 7.99. The van der Waals surface area contributed by atoms with Crippen LogP contribution in [-0.2, 0) is 4.79 Å². The molecule has 0 radical (unpaired) electrons. The molecule has 0 aliphatic carbocycles. The number of carbonyl (C=O) groups excluding carboxylic acids is 2. The molecule has 23 heavy (non-hydrogen) atoms. The van der Waals surface area contributed by atoms with Crippen molar-refractivity contribution >= 4 is 34.8 Å². The lowest BCUT2D eigenvalue weighted by Crippen LogP contribution is -2.37. The van der Waals surface area contributed by atoms with Gasteiger partial charge in [-0.1, -0.05) is 13.8 Å². The molecule has 1 aliphatic heterocycles. The SMILES string of the molecule is CCC(=O)NC(=S)Nc1ccc(C(=O)N2CCC(C)CC2)cc1. The monoisotopic (exact) mass is 333 g/mol. The van der Waals surface area contributed by atoms with E-state index >= 15 is 0 Å². The van der Waals surface area contributed by atoms with Crippen molar-refractivity contribution in [2.45, 2.75) is 33.1 Å². The molecule has 2 N–H and O–H groups in total. The molecule has 0 unspecified atom stereocenters. The van der Waals surface area contributed by atoms with E-state index in [0.717, 1.165) is 31.6 Å². The van der Waals surface area contributed by atoms with Crippen molar-refractivity contribution in [2.75, 3.05) is 18.4 Å². The molecule has 0 spiro atoms. The summed E-state index contributed by atoms with van der Waals surface area (Å²) in [5.41, 5.74) is 1.42. The van der Waals surface area contributed by atoms with Crippen LogP contribution in [0, 0.1) is 5.92 Å². The Morgan fingerprint density at radius 1 is 1.22 bits per heavy atom. The molecule has 1 fully saturated rings. The van der Waals surface area contributed by atoms with Crippen LogP contribution in [0.15, 0.2) is 24.3 Å². The fraction of sp³-hybridized carbons (Fsp3) is 0.471. The topological polar surface area (TPSA) is 61.4 Å². The number of thiocarbonyl (C=S) groups is 1. The highest BCUT2D eigenvalue weighted by atomic mass is 32.1. The second-order valence-electron chi connectivity index (χ2n) is 5.91. The maximum Gasteiger partial charge on any atom is 0.253 e. The van der Waals surface area contributed by atoms with Gasteiger partial charge < -0.3 is 15.5 Å². The molecule has 1 aromatic rings. The van der Waals surface area contributed by atoms with Gasteiger partial charge in [0.25, 0.3) is 5.91 Å². The number of amides is 2. The summed E-state index contributed by atoms with van der Waals surface area (Å²) in [6, 6.07) is 7.16. The maximum absolute atomic E-state index is 12.4. The average Bonchev–Trinajstić information content (AvgIpc) is 2.55. The summed E-state index contributed by atoms with van der Waals surface area (Å²) >= 11 is 5.06. The van der Waals surface area contributed by atoms with Crippen molar-refractivity contribution in [3.63, 3.8) is 0 Å². The Bertz CT molecular complexity index is 578. The molecule has 1 aromatic carbocycles. The number of rotatable bonds is 3. The molecule has 124 valence electrons. The fourth-order valence-electron chi connectivity index (χ4n) is 2.47. The lowest BCUT2D eigenvalue weighted by molar-refractivity contribution is -0.119. The Kier molecular flexibility index (Phi) is 6.10. The van der Waals surface area contributed by atoms with Gasteiger partial charge in [0.05, 0.1) is 0 Å². The number of hydrogen-bond acceptors (Lipinski definition) is 3. The van der Waals surface area contributed by atoms with Crippen LogP contribution < -0.4 is 10.6 Å². The number of nitrogens with zero attached hydrogens (tertiary/aromatic N) is 1. The van der Waals surface area contributed by atoms with Crippen molar-refractivity contribution in [2.24, 2.45) is 5.92 Å². The molecule has 0 atom stereocenters. The molecule has 1 aliphatic rings. The maximum atomic E-state index is 12.4. The van der Waals surface area contributed by atoms with Crippen LogP contribution in [0.2, 0.25) is 0 Å². The highest BCUT2D eigenvalue weighted by molar-refractivity contribution is 7.80. The summed E-state index contributed by atoms with van der Waals surface area (Å²) in [4.78, 5) is 25.6. The summed E-state index contributed by atoms with van der Waals surface area (Å²) in [5.74, 6) is 0.643. The number of benzene rings is 1. The second kappa shape index (κ2) is 8.06. The van der Waals surface area contributed by atoms with Crippen molar-refractivity contribution < 1.29 is 9.59 Å². The molecule has 0 bridgehead atoms. The zero-order valence-corrected chi connectivity index (χ0v) is 14.4. The Balaban J connectivity index is 1.92. The lowest BCUT2D eigenvalue weighted by atomic mass is 9.98. The van der Waals surface area contributed by atoms with Crippen LogP contribution in [0.25, 0.3) is 0 Å². The molecule has 2 amide bonds. The minimum Gasteiger partial charge on any atom is -0.339 e. The Morgan fingerprint density at radius 3 is 2.39 bits per heavy atom. The van der Waals surface area contributed by atoms with Gasteiger partial charge in [0.15, 0.2) is 5.11 Å². The third kappa shape index (κ3) is 5.03. The Hall–Kier alpha value is -1.95. The number of anilines is 1. The standard InChI is InChI=1S/C17H23N3O2S/c1-3-15(21)19-17(23)18-14-6-4-13(5-7-14)16(22)20-10-8-12(2)9-11-20/h4-7,12H,3,8-11H2,1-2H3,(H2,18,19,21,23). The largest absolute Gasteiger partial charge is 0.339 e. The molecule has 6 heteroatoms. The number of piperidine rings is 1. The highest BCUT2D eigenvalue weighted by Gasteiger charge is 2.21. The highest BCUT2D eigenvalue weighted by Crippen LogP contribution is 2.19. The van der Waals surface area contributed by atoms with Crippen molar-refractivity contribution in [3.8, 4) is 0 Å². The summed E-state index contributed by atoms with van der Waals surface area (Å²) in [6.07, 6.45) is 2.51. The predicted octanol–water partition coefficient (Wildman–Crippen LogP) is 2.78. The van der Waals surface area contributed by atoms with Gasteiger partial charge >= 0.3 is 0 Å². The average molecular weight is 333 g/mol. The first-order valence-corrected chi connectivity index (χ1v) is 8.40. The van der Waals surface area contributed by atoms with E-state index in [1.807, 2.05) is 4.90 Å². The van der Waals surface area contributed by atoms with Gasteiger partial charge in [-0.25, -0.2) is 0 Å². The fourth-order valence-corrected chi connectivity index (χ4v) is 2.70. The van der Waals surface area contributed by atoms with Crippen molar-refractivity contribution in [1.82, 2.24) is 10.2 Å². The summed E-state index contributed by atoms with van der Waals surface area (Å²) < 4.78 is 0. The normalized spacial score (nSPS) is 15.1. The van der Waals surface area contributed by atoms with E-state index in [2.05, 4.69) is 17.6 Å². The number of hydrogen-bond donors (Lipinski definition) is 2. The van der Waals surface area contributed by atoms with Crippen LogP contribution in [0.5, 0.6) is 0 Å². The zero-order valence-electron chi connectivity index (χ0n) is 13.6. The Labute approximate surface area is 142 Å². The molecule has 5 nitrogen and oxygen atoms in total. The summed E-state index contributed by atoms with van der Waals surface area (Å²) in [6.45, 7) is 5.64. The van der Waals surface area contributed by atoms with E-state index in [9.17, 15) is 9.59 Å². The summed E-state index contributed by atoms with van der Waals surface area (Å²) in [5, 5.41) is 5.78. The number of nitrogens with one attached hydrogen (secondary N) is 2. The van der Waals surface area contributed by atoms with Crippen LogP contribution in [0.1, 0.15) is 43.5 Å². The van der Waals surface area contributed by atoms with Gasteiger partial charge in [-0.3, -0.25) is 9.59 Å². The van der Waals surface area contributed by atoms with E-state index in [1.165, 1.54) is 0 Å². The Morgan fingerprint density at radius 2 is 1.83 bits per heavy atom. The van der Waals surface area contributed by atoms with Gasteiger partial charge in [0.2, 0.25) is 5.91 Å². The van der Waals surface area contributed by atoms with E-state index in [4.69, 9.17) is 12.2 Å². The van der Waals surface area contributed by atoms with E-state index in [0.29, 0.717) is 17.9 Å². The van der Waals surface area contributed by atoms with Gasteiger partial charge in [0.1, 0.15) is 0 Å². The lowest BCUT2D eigenvalue weighted by Gasteiger charge is -2.30. The molecule has 0 saturated carbocycles. The van der Waals surface area contributed by atoms with Crippen molar-refractivity contribution in [1.29, 1.82) is 0 Å². The molecule has 1 heterocycles. The third-order valence-electron chi connectivity index (χ3n) is 4.03. The first-order chi connectivity index (χ1) is 11.0. The van der Waals surface area contributed by atoms with Crippen LogP contribution in [0.3, 0.4) is 0 Å². The number of likely N-dealkylation sites (tertiary alicyclic amines) is 1. The third-order valence-corrected chi connectivity index (χ3v) is 4.24. The van der Waals surface area contributed by atoms with Crippen LogP contribution >= 0.6 is 12.2 Å². The first kappa shape index (κ1) is 17.4.